The van der Waals surface area contributed by atoms with Gasteiger partial charge in [0.15, 0.2) is 0 Å². The Labute approximate surface area is 86.7 Å². The second-order valence-electron chi connectivity index (χ2n) is 3.41. The van der Waals surface area contributed by atoms with Crippen LogP contribution in [0, 0.1) is 0 Å². The van der Waals surface area contributed by atoms with Crippen LogP contribution in [-0.4, -0.2) is 17.6 Å². The van der Waals surface area contributed by atoms with E-state index in [1.165, 1.54) is 0 Å². The Morgan fingerprint density at radius 3 is 3.14 bits per heavy atom. The average molecular weight is 212 g/mol. The molecule has 2 N–H and O–H groups in total. The van der Waals surface area contributed by atoms with Gasteiger partial charge in [0, 0.05) is 23.2 Å². The third kappa shape index (κ3) is 1.68. The molecule has 0 spiro atoms. The fraction of sp³-hybridized carbons (Fsp3) is 0.300. The van der Waals surface area contributed by atoms with E-state index in [9.17, 15) is 4.79 Å². The Bertz CT molecular complexity index is 378. The molecule has 1 aromatic rings. The molecule has 2 rings (SSSR count). The molecule has 0 amide bonds. The van der Waals surface area contributed by atoms with Gasteiger partial charge in [-0.15, -0.1) is 0 Å². The summed E-state index contributed by atoms with van der Waals surface area (Å²) in [5.41, 5.74) is 2.01. The first-order valence-corrected chi connectivity index (χ1v) is 4.79. The second kappa shape index (κ2) is 3.50. The van der Waals surface area contributed by atoms with Gasteiger partial charge < -0.3 is 10.4 Å². The van der Waals surface area contributed by atoms with E-state index in [-0.39, 0.29) is 12.3 Å². The molecule has 1 aromatic carbocycles. The highest BCUT2D eigenvalue weighted by Crippen LogP contribution is 2.35. The number of aliphatic carboxylic acids is 1. The van der Waals surface area contributed by atoms with Gasteiger partial charge in [-0.2, -0.15) is 0 Å². The summed E-state index contributed by atoms with van der Waals surface area (Å²) in [5, 5.41) is 12.5. The number of anilines is 1. The predicted molar refractivity (Wildman–Crippen MR) is 54.9 cm³/mol. The van der Waals surface area contributed by atoms with Gasteiger partial charge in [0.05, 0.1) is 6.42 Å². The third-order valence-corrected chi connectivity index (χ3v) is 2.65. The highest BCUT2D eigenvalue weighted by molar-refractivity contribution is 6.30. The summed E-state index contributed by atoms with van der Waals surface area (Å²) < 4.78 is 0. The smallest absolute Gasteiger partial charge is 0.304 e. The molecule has 1 heterocycles. The standard InChI is InChI=1S/C10H10ClNO2/c11-7-1-2-8-6(3-10(13)14)5-12-9(8)4-7/h1-2,4,6,12H,3,5H2,(H,13,14). The number of nitrogens with one attached hydrogen (secondary N) is 1. The molecule has 1 aliphatic rings. The number of carboxylic acids is 1. The van der Waals surface area contributed by atoms with Crippen LogP contribution in [0.2, 0.25) is 5.02 Å². The zero-order chi connectivity index (χ0) is 10.1. The van der Waals surface area contributed by atoms with E-state index < -0.39 is 5.97 Å². The molecule has 0 fully saturated rings. The van der Waals surface area contributed by atoms with Gasteiger partial charge in [0.1, 0.15) is 0 Å². The van der Waals surface area contributed by atoms with Crippen molar-refractivity contribution in [2.45, 2.75) is 12.3 Å². The number of carboxylic acid groups (broad SMARTS) is 1. The maximum atomic E-state index is 10.6. The van der Waals surface area contributed by atoms with Gasteiger partial charge in [0.25, 0.3) is 0 Å². The molecule has 0 saturated carbocycles. The third-order valence-electron chi connectivity index (χ3n) is 2.42. The van der Waals surface area contributed by atoms with Crippen LogP contribution in [0.3, 0.4) is 0 Å². The fourth-order valence-corrected chi connectivity index (χ4v) is 1.95. The minimum absolute atomic E-state index is 0.0692. The summed E-state index contributed by atoms with van der Waals surface area (Å²) in [5.74, 6) is -0.695. The molecule has 1 aliphatic heterocycles. The van der Waals surface area contributed by atoms with Crippen molar-refractivity contribution in [2.75, 3.05) is 11.9 Å². The molecule has 0 bridgehead atoms. The number of hydrogen-bond donors (Lipinski definition) is 2. The highest BCUT2D eigenvalue weighted by Gasteiger charge is 2.24. The van der Waals surface area contributed by atoms with Crippen LogP contribution < -0.4 is 5.32 Å². The second-order valence-corrected chi connectivity index (χ2v) is 3.84. The van der Waals surface area contributed by atoms with Crippen molar-refractivity contribution in [2.24, 2.45) is 0 Å². The van der Waals surface area contributed by atoms with Crippen molar-refractivity contribution in [1.29, 1.82) is 0 Å². The number of halogens is 1. The lowest BCUT2D eigenvalue weighted by atomic mass is 9.98. The molecule has 0 aliphatic carbocycles. The first-order chi connectivity index (χ1) is 6.66. The van der Waals surface area contributed by atoms with Crippen molar-refractivity contribution in [3.63, 3.8) is 0 Å². The van der Waals surface area contributed by atoms with E-state index in [1.54, 1.807) is 6.07 Å². The first-order valence-electron chi connectivity index (χ1n) is 4.42. The predicted octanol–water partition coefficient (Wildman–Crippen LogP) is 2.32. The Kier molecular flexibility index (Phi) is 2.33. The molecule has 74 valence electrons. The van der Waals surface area contributed by atoms with Crippen molar-refractivity contribution in [3.8, 4) is 0 Å². The number of fused-ring (bicyclic) bond motifs is 1. The van der Waals surface area contributed by atoms with Crippen molar-refractivity contribution in [1.82, 2.24) is 0 Å². The van der Waals surface area contributed by atoms with Crippen LogP contribution in [0.4, 0.5) is 5.69 Å². The lowest BCUT2D eigenvalue weighted by molar-refractivity contribution is -0.137. The minimum Gasteiger partial charge on any atom is -0.481 e. The maximum Gasteiger partial charge on any atom is 0.304 e. The topological polar surface area (TPSA) is 49.3 Å². The Morgan fingerprint density at radius 2 is 2.43 bits per heavy atom. The van der Waals surface area contributed by atoms with Crippen molar-refractivity contribution >= 4 is 23.3 Å². The van der Waals surface area contributed by atoms with E-state index in [0.29, 0.717) is 11.6 Å². The van der Waals surface area contributed by atoms with Crippen LogP contribution in [-0.2, 0) is 4.79 Å². The Hall–Kier alpha value is -1.22. The quantitative estimate of drug-likeness (QED) is 0.790. The van der Waals surface area contributed by atoms with Gasteiger partial charge in [-0.25, -0.2) is 0 Å². The lowest BCUT2D eigenvalue weighted by Crippen LogP contribution is -2.07. The minimum atomic E-state index is -0.764. The average Bonchev–Trinajstić information content (AvgIpc) is 2.47. The summed E-state index contributed by atoms with van der Waals surface area (Å²) in [7, 11) is 0. The van der Waals surface area contributed by atoms with E-state index >= 15 is 0 Å². The molecule has 1 unspecified atom stereocenters. The number of rotatable bonds is 2. The number of carbonyl (C=O) groups is 1. The maximum absolute atomic E-state index is 10.6. The molecule has 0 radical (unpaired) electrons. The van der Waals surface area contributed by atoms with Crippen LogP contribution >= 0.6 is 11.6 Å². The molecule has 1 atom stereocenters. The van der Waals surface area contributed by atoms with E-state index in [1.807, 2.05) is 12.1 Å². The fourth-order valence-electron chi connectivity index (χ4n) is 1.77. The summed E-state index contributed by atoms with van der Waals surface area (Å²) in [4.78, 5) is 10.6. The van der Waals surface area contributed by atoms with Crippen LogP contribution in [0.25, 0.3) is 0 Å². The van der Waals surface area contributed by atoms with E-state index in [2.05, 4.69) is 5.32 Å². The summed E-state index contributed by atoms with van der Waals surface area (Å²) in [6, 6.07) is 5.52. The van der Waals surface area contributed by atoms with Crippen molar-refractivity contribution < 1.29 is 9.90 Å². The number of hydrogen-bond acceptors (Lipinski definition) is 2. The van der Waals surface area contributed by atoms with Gasteiger partial charge >= 0.3 is 5.97 Å². The van der Waals surface area contributed by atoms with Crippen LogP contribution in [0.5, 0.6) is 0 Å². The zero-order valence-electron chi connectivity index (χ0n) is 7.46. The highest BCUT2D eigenvalue weighted by atomic mass is 35.5. The Balaban J connectivity index is 2.26. The molecule has 3 nitrogen and oxygen atoms in total. The van der Waals surface area contributed by atoms with E-state index in [0.717, 1.165) is 11.3 Å². The first kappa shape index (κ1) is 9.34. The zero-order valence-corrected chi connectivity index (χ0v) is 8.21. The largest absolute Gasteiger partial charge is 0.481 e. The molecular formula is C10H10ClNO2. The lowest BCUT2D eigenvalue weighted by Gasteiger charge is -2.05. The SMILES string of the molecule is O=C(O)CC1CNc2cc(Cl)ccc21. The van der Waals surface area contributed by atoms with Crippen LogP contribution in [0.15, 0.2) is 18.2 Å². The van der Waals surface area contributed by atoms with Gasteiger partial charge in [0.2, 0.25) is 0 Å². The van der Waals surface area contributed by atoms with Crippen molar-refractivity contribution in [3.05, 3.63) is 28.8 Å². The molecule has 0 saturated heterocycles. The molecule has 14 heavy (non-hydrogen) atoms. The summed E-state index contributed by atoms with van der Waals surface area (Å²) >= 11 is 5.82. The van der Waals surface area contributed by atoms with Gasteiger partial charge in [-0.05, 0) is 17.7 Å². The summed E-state index contributed by atoms with van der Waals surface area (Å²) in [6.45, 7) is 0.683. The van der Waals surface area contributed by atoms with Gasteiger partial charge in [-0.3, -0.25) is 4.79 Å². The monoisotopic (exact) mass is 211 g/mol. The Morgan fingerprint density at radius 1 is 1.64 bits per heavy atom. The van der Waals surface area contributed by atoms with Crippen LogP contribution in [0.1, 0.15) is 17.9 Å². The number of benzene rings is 1. The molecule has 0 aromatic heterocycles. The van der Waals surface area contributed by atoms with E-state index in [4.69, 9.17) is 16.7 Å². The molecular weight excluding hydrogens is 202 g/mol. The normalized spacial score (nSPS) is 18.8. The summed E-state index contributed by atoms with van der Waals surface area (Å²) in [6.07, 6.45) is 0.168. The van der Waals surface area contributed by atoms with Gasteiger partial charge in [-0.1, -0.05) is 17.7 Å². The molecule has 4 heteroatoms.